The van der Waals surface area contributed by atoms with Gasteiger partial charge < -0.3 is 10.0 Å². The van der Waals surface area contributed by atoms with Crippen LogP contribution in [0.1, 0.15) is 0 Å². The van der Waals surface area contributed by atoms with Crippen LogP contribution < -0.4 is 5.46 Å². The molecule has 0 aliphatic heterocycles. The Balaban J connectivity index is 0.000000162. The number of hydrogen-bond donors (Lipinski definition) is 2. The van der Waals surface area contributed by atoms with E-state index in [1.54, 1.807) is 24.3 Å². The van der Waals surface area contributed by atoms with Crippen molar-refractivity contribution >= 4 is 60.4 Å². The highest BCUT2D eigenvalue weighted by molar-refractivity contribution is 9.11. The summed E-state index contributed by atoms with van der Waals surface area (Å²) in [7, 11) is -1.34. The zero-order chi connectivity index (χ0) is 53.6. The number of rotatable bonds is 10. The molecular formula is C66H46BBr3N6O2. The van der Waals surface area contributed by atoms with Gasteiger partial charge in [0.2, 0.25) is 0 Å². The zero-order valence-electron chi connectivity index (χ0n) is 41.7. The van der Waals surface area contributed by atoms with E-state index in [2.05, 4.69) is 193 Å². The Bertz CT molecular complexity index is 3450. The first-order valence-electron chi connectivity index (χ1n) is 24.9. The van der Waals surface area contributed by atoms with Gasteiger partial charge in [0.25, 0.3) is 0 Å². The summed E-state index contributed by atoms with van der Waals surface area (Å²) >= 11 is 10.4. The first kappa shape index (κ1) is 53.1. The number of hydrogen-bond acceptors (Lipinski definition) is 8. The van der Waals surface area contributed by atoms with Gasteiger partial charge in [-0.1, -0.05) is 278 Å². The standard InChI is InChI=1S/C39H27N3.C21H12Br3N3.C6H7BO2/c1-4-10-28(11-5-1)31-16-22-34(23-17-31)37-40-38(35-24-18-32(19-25-35)29-12-6-2-7-13-29)42-39(41-37)36-26-20-33(21-27-36)30-14-8-3-9-15-30;22-16-7-1-13(2-8-16)19-25-20(14-3-9-17(23)10-4-14)27-21(26-19)15-5-11-18(24)12-6-15;8-7(9)6-4-2-1-3-5-6/h1-27H;1-12H;1-5,8-9H. The lowest BCUT2D eigenvalue weighted by Gasteiger charge is -2.10. The third-order valence-corrected chi connectivity index (χ3v) is 14.0. The molecule has 0 unspecified atom stereocenters. The normalized spacial score (nSPS) is 10.6. The molecule has 0 fully saturated rings. The molecule has 78 heavy (non-hydrogen) atoms. The van der Waals surface area contributed by atoms with Crippen LogP contribution in [0.3, 0.4) is 0 Å². The van der Waals surface area contributed by atoms with Crippen LogP contribution in [-0.4, -0.2) is 47.1 Å². The van der Waals surface area contributed by atoms with Crippen molar-refractivity contribution < 1.29 is 10.0 Å². The second-order valence-corrected chi connectivity index (χ2v) is 20.5. The van der Waals surface area contributed by atoms with Crippen LogP contribution >= 0.6 is 47.8 Å². The van der Waals surface area contributed by atoms with Crippen LogP contribution in [0.5, 0.6) is 0 Å². The molecule has 0 radical (unpaired) electrons. The van der Waals surface area contributed by atoms with Gasteiger partial charge >= 0.3 is 7.12 Å². The minimum Gasteiger partial charge on any atom is -0.423 e. The molecule has 0 aliphatic carbocycles. The topological polar surface area (TPSA) is 118 Å². The third kappa shape index (κ3) is 13.8. The first-order chi connectivity index (χ1) is 38.2. The molecule has 0 aliphatic rings. The number of aromatic nitrogens is 6. The van der Waals surface area contributed by atoms with E-state index in [1.807, 2.05) is 97.1 Å². The maximum absolute atomic E-state index is 8.58. The molecule has 0 spiro atoms. The smallest absolute Gasteiger partial charge is 0.423 e. The summed E-state index contributed by atoms with van der Waals surface area (Å²) in [6.45, 7) is 0. The fraction of sp³-hybridized carbons (Fsp3) is 0. The highest BCUT2D eigenvalue weighted by Crippen LogP contribution is 2.31. The highest BCUT2D eigenvalue weighted by Gasteiger charge is 2.15. The molecule has 10 aromatic carbocycles. The Kier molecular flexibility index (Phi) is 17.5. The van der Waals surface area contributed by atoms with Gasteiger partial charge in [-0.15, -0.1) is 0 Å². The van der Waals surface area contributed by atoms with Crippen molar-refractivity contribution in [3.63, 3.8) is 0 Å². The maximum atomic E-state index is 8.58. The van der Waals surface area contributed by atoms with Gasteiger partial charge in [0.15, 0.2) is 34.9 Å². The molecule has 0 saturated carbocycles. The quantitative estimate of drug-likeness (QED) is 0.130. The van der Waals surface area contributed by atoms with Crippen LogP contribution in [0, 0.1) is 0 Å². The molecule has 0 saturated heterocycles. The molecule has 12 rings (SSSR count). The number of nitrogens with zero attached hydrogens (tertiary/aromatic N) is 6. The predicted molar refractivity (Wildman–Crippen MR) is 328 cm³/mol. The van der Waals surface area contributed by atoms with E-state index in [4.69, 9.17) is 40.0 Å². The Morgan fingerprint density at radius 3 is 0.564 bits per heavy atom. The lowest BCUT2D eigenvalue weighted by atomic mass is 9.81. The van der Waals surface area contributed by atoms with Crippen molar-refractivity contribution in [3.05, 3.63) is 280 Å². The summed E-state index contributed by atoms with van der Waals surface area (Å²) in [6, 6.07) is 88.9. The lowest BCUT2D eigenvalue weighted by molar-refractivity contribution is 0.426. The minimum atomic E-state index is -1.34. The van der Waals surface area contributed by atoms with Crippen LogP contribution in [0.4, 0.5) is 0 Å². The number of benzene rings is 10. The molecule has 12 heteroatoms. The van der Waals surface area contributed by atoms with Crippen LogP contribution in [0.2, 0.25) is 0 Å². The lowest BCUT2D eigenvalue weighted by Crippen LogP contribution is -2.29. The maximum Gasteiger partial charge on any atom is 0.488 e. The van der Waals surface area contributed by atoms with E-state index in [1.165, 1.54) is 16.7 Å². The van der Waals surface area contributed by atoms with Gasteiger partial charge in [-0.3, -0.25) is 0 Å². The van der Waals surface area contributed by atoms with Crippen molar-refractivity contribution in [1.29, 1.82) is 0 Å². The summed E-state index contributed by atoms with van der Waals surface area (Å²) < 4.78 is 3.05. The fourth-order valence-corrected chi connectivity index (χ4v) is 9.07. The summed E-state index contributed by atoms with van der Waals surface area (Å²) in [5, 5.41) is 17.2. The first-order valence-corrected chi connectivity index (χ1v) is 27.3. The summed E-state index contributed by atoms with van der Waals surface area (Å²) in [5.41, 5.74) is 13.2. The molecule has 2 heterocycles. The minimum absolute atomic E-state index is 0.525. The van der Waals surface area contributed by atoms with Crippen molar-refractivity contribution in [2.24, 2.45) is 0 Å². The highest BCUT2D eigenvalue weighted by atomic mass is 79.9. The second-order valence-electron chi connectivity index (χ2n) is 17.7. The van der Waals surface area contributed by atoms with Gasteiger partial charge in [0.05, 0.1) is 0 Å². The van der Waals surface area contributed by atoms with Crippen LogP contribution in [0.15, 0.2) is 280 Å². The molecule has 2 N–H and O–H groups in total. The Morgan fingerprint density at radius 1 is 0.205 bits per heavy atom. The summed E-state index contributed by atoms with van der Waals surface area (Å²) in [6.07, 6.45) is 0. The van der Waals surface area contributed by atoms with E-state index in [-0.39, 0.29) is 0 Å². The average molecular weight is 1210 g/mol. The molecule has 8 nitrogen and oxygen atoms in total. The van der Waals surface area contributed by atoms with Crippen molar-refractivity contribution in [2.75, 3.05) is 0 Å². The summed E-state index contributed by atoms with van der Waals surface area (Å²) in [4.78, 5) is 29.0. The van der Waals surface area contributed by atoms with Crippen LogP contribution in [-0.2, 0) is 0 Å². The Morgan fingerprint density at radius 2 is 0.372 bits per heavy atom. The predicted octanol–water partition coefficient (Wildman–Crippen LogP) is 16.4. The Labute approximate surface area is 478 Å². The fourth-order valence-electron chi connectivity index (χ4n) is 8.28. The van der Waals surface area contributed by atoms with Gasteiger partial charge in [-0.05, 0) is 75.2 Å². The average Bonchev–Trinajstić information content (AvgIpc) is 3.51. The second kappa shape index (κ2) is 25.7. The Hall–Kier alpha value is -8.36. The molecule has 2 aromatic heterocycles. The molecule has 376 valence electrons. The van der Waals surface area contributed by atoms with Crippen LogP contribution in [0.25, 0.3) is 102 Å². The summed E-state index contributed by atoms with van der Waals surface area (Å²) in [5.74, 6) is 3.88. The molecular weight excluding hydrogens is 1160 g/mol. The van der Waals surface area contributed by atoms with E-state index >= 15 is 0 Å². The van der Waals surface area contributed by atoms with Gasteiger partial charge in [-0.25, -0.2) is 29.9 Å². The molecule has 0 bridgehead atoms. The van der Waals surface area contributed by atoms with E-state index in [9.17, 15) is 0 Å². The molecule has 12 aromatic rings. The monoisotopic (exact) mass is 1200 g/mol. The van der Waals surface area contributed by atoms with E-state index < -0.39 is 7.12 Å². The number of halogens is 3. The SMILES string of the molecule is Brc1ccc(-c2nc(-c3ccc(Br)cc3)nc(-c3ccc(Br)cc3)n2)cc1.OB(O)c1ccccc1.c1ccc(-c2ccc(-c3nc(-c4ccc(-c5ccccc5)cc4)nc(-c4ccc(-c5ccccc5)cc4)n3)cc2)cc1. The van der Waals surface area contributed by atoms with Gasteiger partial charge in [-0.2, -0.15) is 0 Å². The largest absolute Gasteiger partial charge is 0.488 e. The van der Waals surface area contributed by atoms with E-state index in [0.29, 0.717) is 40.4 Å². The third-order valence-electron chi connectivity index (χ3n) is 12.4. The molecule has 0 atom stereocenters. The van der Waals surface area contributed by atoms with E-state index in [0.717, 1.165) is 63.5 Å². The van der Waals surface area contributed by atoms with Gasteiger partial charge in [0.1, 0.15) is 0 Å². The molecule has 0 amide bonds. The van der Waals surface area contributed by atoms with Crippen molar-refractivity contribution in [2.45, 2.75) is 0 Å². The zero-order valence-corrected chi connectivity index (χ0v) is 46.5. The van der Waals surface area contributed by atoms with Gasteiger partial charge in [0, 0.05) is 46.8 Å². The van der Waals surface area contributed by atoms with Crippen molar-refractivity contribution in [1.82, 2.24) is 29.9 Å². The van der Waals surface area contributed by atoms with Crippen molar-refractivity contribution in [3.8, 4) is 102 Å².